The highest BCUT2D eigenvalue weighted by molar-refractivity contribution is 6.11. The monoisotopic (exact) mass is 978 g/mol. The summed E-state index contributed by atoms with van der Waals surface area (Å²) < 4.78 is 2.43. The summed E-state index contributed by atoms with van der Waals surface area (Å²) in [5.41, 5.74) is 21.2. The van der Waals surface area contributed by atoms with Crippen LogP contribution in [0.5, 0.6) is 0 Å². The van der Waals surface area contributed by atoms with E-state index in [0.717, 1.165) is 28.3 Å². The average molecular weight is 979 g/mol. The van der Waals surface area contributed by atoms with E-state index in [2.05, 4.69) is 313 Å². The Hall–Kier alpha value is -10.0. The van der Waals surface area contributed by atoms with Crippen LogP contribution in [0.1, 0.15) is 22.3 Å². The fourth-order valence-electron chi connectivity index (χ4n) is 12.8. The molecule has 0 amide bonds. The van der Waals surface area contributed by atoms with Gasteiger partial charge in [-0.15, -0.1) is 0 Å². The Balaban J connectivity index is 0.861. The Bertz CT molecular complexity index is 4350. The van der Waals surface area contributed by atoms with Gasteiger partial charge in [-0.25, -0.2) is 0 Å². The molecule has 77 heavy (non-hydrogen) atoms. The Kier molecular flexibility index (Phi) is 10.5. The molecule has 1 aliphatic rings. The normalized spacial score (nSPS) is 12.5. The van der Waals surface area contributed by atoms with E-state index in [4.69, 9.17) is 0 Å². The van der Waals surface area contributed by atoms with Crippen LogP contribution in [0.25, 0.3) is 93.5 Å². The molecular weight excluding hydrogens is 929 g/mol. The van der Waals surface area contributed by atoms with Crippen molar-refractivity contribution in [2.75, 3.05) is 4.90 Å². The van der Waals surface area contributed by atoms with Crippen molar-refractivity contribution in [2.45, 2.75) is 5.41 Å². The molecule has 0 unspecified atom stereocenters. The smallest absolute Gasteiger partial charge is 0.0713 e. The fraction of sp³-hybridized carbons (Fsp3) is 0.0133. The maximum Gasteiger partial charge on any atom is 0.0713 e. The van der Waals surface area contributed by atoms with Gasteiger partial charge in [-0.3, -0.25) is 0 Å². The molecule has 15 rings (SSSR count). The standard InChI is InChI=1S/C75H50N2/c1-3-21-57(22-4-1)75(71-31-13-11-27-67(71)68-28-12-14-32-72(68)75)58-40-48-74-70(50-58)69-49-56(39-47-73(69)77(74)59-23-5-2-6-24-59)51-33-41-60(42-34-51)76(61-43-35-54(36-44-61)65-29-15-19-52-17-7-9-25-63(52)65)62-45-37-55(38-46-62)66-30-16-20-53-18-8-10-26-64(53)66/h1-50H. The Labute approximate surface area is 448 Å². The van der Waals surface area contributed by atoms with Gasteiger partial charge in [0.15, 0.2) is 0 Å². The molecule has 360 valence electrons. The van der Waals surface area contributed by atoms with Crippen molar-refractivity contribution in [3.63, 3.8) is 0 Å². The highest BCUT2D eigenvalue weighted by atomic mass is 15.1. The summed E-state index contributed by atoms with van der Waals surface area (Å²) in [6, 6.07) is 112. The third kappa shape index (κ3) is 7.18. The third-order valence-corrected chi connectivity index (χ3v) is 16.3. The second-order valence-corrected chi connectivity index (χ2v) is 20.4. The van der Waals surface area contributed by atoms with Gasteiger partial charge in [-0.05, 0) is 161 Å². The van der Waals surface area contributed by atoms with E-state index in [9.17, 15) is 0 Å². The number of anilines is 3. The lowest BCUT2D eigenvalue weighted by molar-refractivity contribution is 0.770. The summed E-state index contributed by atoms with van der Waals surface area (Å²) in [6.07, 6.45) is 0. The van der Waals surface area contributed by atoms with Crippen LogP contribution in [0.15, 0.2) is 303 Å². The van der Waals surface area contributed by atoms with Gasteiger partial charge in [0, 0.05) is 33.5 Å². The zero-order valence-corrected chi connectivity index (χ0v) is 42.3. The first kappa shape index (κ1) is 44.5. The number of para-hydroxylation sites is 1. The second-order valence-electron chi connectivity index (χ2n) is 20.4. The molecule has 1 heterocycles. The molecule has 2 nitrogen and oxygen atoms in total. The summed E-state index contributed by atoms with van der Waals surface area (Å²) >= 11 is 0. The molecule has 0 fully saturated rings. The van der Waals surface area contributed by atoms with Gasteiger partial charge in [0.05, 0.1) is 16.4 Å². The molecule has 14 aromatic rings. The quantitative estimate of drug-likeness (QED) is 0.140. The average Bonchev–Trinajstić information content (AvgIpc) is 4.10. The predicted molar refractivity (Wildman–Crippen MR) is 324 cm³/mol. The van der Waals surface area contributed by atoms with E-state index in [1.165, 1.54) is 105 Å². The van der Waals surface area contributed by atoms with Crippen LogP contribution < -0.4 is 4.90 Å². The third-order valence-electron chi connectivity index (χ3n) is 16.3. The number of nitrogens with zero attached hydrogens (tertiary/aromatic N) is 2. The van der Waals surface area contributed by atoms with Gasteiger partial charge in [0.2, 0.25) is 0 Å². The van der Waals surface area contributed by atoms with Crippen molar-refractivity contribution in [3.05, 3.63) is 326 Å². The van der Waals surface area contributed by atoms with Crippen molar-refractivity contribution in [1.82, 2.24) is 4.57 Å². The SMILES string of the molecule is c1ccc(-n2c3ccc(-c4ccc(N(c5ccc(-c6cccc7ccccc67)cc5)c5ccc(-c6cccc7ccccc67)cc5)cc4)cc3c3cc(C4(c5ccccc5)c5ccccc5-c5ccccc54)ccc32)cc1. The van der Waals surface area contributed by atoms with E-state index in [1.54, 1.807) is 0 Å². The highest BCUT2D eigenvalue weighted by Crippen LogP contribution is 2.56. The minimum Gasteiger partial charge on any atom is -0.311 e. The van der Waals surface area contributed by atoms with Crippen LogP contribution in [0, 0.1) is 0 Å². The summed E-state index contributed by atoms with van der Waals surface area (Å²) in [6.45, 7) is 0. The number of hydrogen-bond acceptors (Lipinski definition) is 1. The van der Waals surface area contributed by atoms with Crippen LogP contribution >= 0.6 is 0 Å². The molecule has 0 spiro atoms. The van der Waals surface area contributed by atoms with Gasteiger partial charge in [-0.2, -0.15) is 0 Å². The maximum absolute atomic E-state index is 2.49. The van der Waals surface area contributed by atoms with Crippen LogP contribution in [0.4, 0.5) is 17.1 Å². The van der Waals surface area contributed by atoms with E-state index >= 15 is 0 Å². The number of rotatable bonds is 9. The summed E-state index contributed by atoms with van der Waals surface area (Å²) in [5, 5.41) is 7.43. The maximum atomic E-state index is 2.49. The molecule has 0 radical (unpaired) electrons. The van der Waals surface area contributed by atoms with Crippen LogP contribution in [0.2, 0.25) is 0 Å². The summed E-state index contributed by atoms with van der Waals surface area (Å²) in [4.78, 5) is 2.38. The van der Waals surface area contributed by atoms with Gasteiger partial charge < -0.3 is 9.47 Å². The fourth-order valence-corrected chi connectivity index (χ4v) is 12.8. The molecular formula is C75H50N2. The van der Waals surface area contributed by atoms with Gasteiger partial charge in [0.25, 0.3) is 0 Å². The van der Waals surface area contributed by atoms with Crippen LogP contribution in [0.3, 0.4) is 0 Å². The first-order chi connectivity index (χ1) is 38.2. The highest BCUT2D eigenvalue weighted by Gasteiger charge is 2.46. The lowest BCUT2D eigenvalue weighted by Crippen LogP contribution is -2.28. The predicted octanol–water partition coefficient (Wildman–Crippen LogP) is 19.9. The molecule has 2 heteroatoms. The second kappa shape index (κ2) is 18.1. The Morgan fingerprint density at radius 3 is 1.23 bits per heavy atom. The number of hydrogen-bond donors (Lipinski definition) is 0. The minimum absolute atomic E-state index is 0.504. The lowest BCUT2D eigenvalue weighted by atomic mass is 9.67. The van der Waals surface area contributed by atoms with Crippen molar-refractivity contribution < 1.29 is 0 Å². The Morgan fingerprint density at radius 1 is 0.260 bits per heavy atom. The topological polar surface area (TPSA) is 8.17 Å². The molecule has 0 aliphatic heterocycles. The van der Waals surface area contributed by atoms with Crippen molar-refractivity contribution >= 4 is 60.4 Å². The van der Waals surface area contributed by atoms with E-state index in [1.807, 2.05) is 0 Å². The first-order valence-electron chi connectivity index (χ1n) is 26.7. The number of aromatic nitrogens is 1. The lowest BCUT2D eigenvalue weighted by Gasteiger charge is -2.34. The summed E-state index contributed by atoms with van der Waals surface area (Å²) in [7, 11) is 0. The molecule has 0 saturated heterocycles. The van der Waals surface area contributed by atoms with Gasteiger partial charge in [-0.1, -0.05) is 231 Å². The number of fused-ring (bicyclic) bond motifs is 8. The van der Waals surface area contributed by atoms with Gasteiger partial charge >= 0.3 is 0 Å². The van der Waals surface area contributed by atoms with E-state index in [-0.39, 0.29) is 0 Å². The van der Waals surface area contributed by atoms with E-state index < -0.39 is 5.41 Å². The molecule has 0 bridgehead atoms. The largest absolute Gasteiger partial charge is 0.311 e. The molecule has 1 aromatic heterocycles. The Morgan fingerprint density at radius 2 is 0.675 bits per heavy atom. The molecule has 13 aromatic carbocycles. The van der Waals surface area contributed by atoms with Gasteiger partial charge in [0.1, 0.15) is 0 Å². The van der Waals surface area contributed by atoms with Crippen molar-refractivity contribution in [2.24, 2.45) is 0 Å². The molecule has 1 aliphatic carbocycles. The molecule has 0 N–H and O–H groups in total. The molecule has 0 atom stereocenters. The summed E-state index contributed by atoms with van der Waals surface area (Å²) in [5.74, 6) is 0. The van der Waals surface area contributed by atoms with Crippen molar-refractivity contribution in [3.8, 4) is 50.2 Å². The van der Waals surface area contributed by atoms with Crippen LogP contribution in [-0.4, -0.2) is 4.57 Å². The number of benzene rings is 13. The zero-order valence-electron chi connectivity index (χ0n) is 42.3. The molecule has 0 saturated carbocycles. The first-order valence-corrected chi connectivity index (χ1v) is 26.7. The minimum atomic E-state index is -0.504. The van der Waals surface area contributed by atoms with E-state index in [0.29, 0.717) is 0 Å². The van der Waals surface area contributed by atoms with Crippen molar-refractivity contribution in [1.29, 1.82) is 0 Å². The zero-order chi connectivity index (χ0) is 50.9. The van der Waals surface area contributed by atoms with Crippen LogP contribution in [-0.2, 0) is 5.41 Å².